The second-order valence-corrected chi connectivity index (χ2v) is 4.54. The van der Waals surface area contributed by atoms with Crippen LogP contribution in [0.2, 0.25) is 0 Å². The van der Waals surface area contributed by atoms with Crippen LogP contribution in [0.1, 0.15) is 16.8 Å². The Bertz CT molecular complexity index is 399. The molecule has 0 radical (unpaired) electrons. The third-order valence-corrected chi connectivity index (χ3v) is 2.94. The van der Waals surface area contributed by atoms with Crippen LogP contribution in [0.5, 0.6) is 0 Å². The van der Waals surface area contributed by atoms with Gasteiger partial charge in [0.25, 0.3) is 5.91 Å². The SMILES string of the molecule is Nc1ccc(C(=O)NCCCOCCO)cc1Br. The number of nitrogens with two attached hydrogens (primary N) is 1. The fourth-order valence-corrected chi connectivity index (χ4v) is 1.69. The molecule has 18 heavy (non-hydrogen) atoms. The van der Waals surface area contributed by atoms with Gasteiger partial charge in [0.05, 0.1) is 13.2 Å². The van der Waals surface area contributed by atoms with Gasteiger partial charge in [0.2, 0.25) is 0 Å². The Kier molecular flexibility index (Phi) is 6.70. The van der Waals surface area contributed by atoms with Crippen LogP contribution >= 0.6 is 15.9 Å². The van der Waals surface area contributed by atoms with E-state index in [-0.39, 0.29) is 12.5 Å². The molecule has 6 heteroatoms. The molecule has 0 unspecified atom stereocenters. The number of aliphatic hydroxyl groups excluding tert-OH is 1. The van der Waals surface area contributed by atoms with Crippen molar-refractivity contribution in [3.05, 3.63) is 28.2 Å². The Labute approximate surface area is 114 Å². The molecule has 1 aromatic rings. The lowest BCUT2D eigenvalue weighted by molar-refractivity contribution is 0.0867. The first-order valence-electron chi connectivity index (χ1n) is 5.67. The maximum Gasteiger partial charge on any atom is 0.251 e. The third-order valence-electron chi connectivity index (χ3n) is 2.25. The van der Waals surface area contributed by atoms with Crippen molar-refractivity contribution < 1.29 is 14.6 Å². The van der Waals surface area contributed by atoms with Crippen molar-refractivity contribution in [3.8, 4) is 0 Å². The molecule has 5 nitrogen and oxygen atoms in total. The average Bonchev–Trinajstić information content (AvgIpc) is 2.36. The molecule has 0 saturated carbocycles. The maximum absolute atomic E-state index is 11.7. The smallest absolute Gasteiger partial charge is 0.251 e. The summed E-state index contributed by atoms with van der Waals surface area (Å²) in [4.78, 5) is 11.7. The Morgan fingerprint density at radius 3 is 2.89 bits per heavy atom. The molecular weight excluding hydrogens is 300 g/mol. The van der Waals surface area contributed by atoms with Gasteiger partial charge in [0, 0.05) is 28.9 Å². The van der Waals surface area contributed by atoms with Crippen molar-refractivity contribution in [2.75, 3.05) is 32.1 Å². The molecule has 0 fully saturated rings. The molecule has 0 aliphatic rings. The number of amides is 1. The summed E-state index contributed by atoms with van der Waals surface area (Å²) >= 11 is 3.28. The van der Waals surface area contributed by atoms with Gasteiger partial charge >= 0.3 is 0 Å². The highest BCUT2D eigenvalue weighted by Gasteiger charge is 2.06. The molecule has 0 aliphatic carbocycles. The van der Waals surface area contributed by atoms with Gasteiger partial charge < -0.3 is 20.9 Å². The van der Waals surface area contributed by atoms with Gasteiger partial charge in [-0.2, -0.15) is 0 Å². The minimum atomic E-state index is -0.141. The van der Waals surface area contributed by atoms with E-state index in [0.717, 1.165) is 0 Å². The molecule has 0 saturated heterocycles. The molecule has 100 valence electrons. The number of halogens is 1. The minimum absolute atomic E-state index is 0.0197. The van der Waals surface area contributed by atoms with E-state index in [4.69, 9.17) is 15.6 Å². The zero-order valence-corrected chi connectivity index (χ0v) is 11.6. The van der Waals surface area contributed by atoms with E-state index < -0.39 is 0 Å². The first-order chi connectivity index (χ1) is 8.65. The lowest BCUT2D eigenvalue weighted by Gasteiger charge is -2.07. The summed E-state index contributed by atoms with van der Waals surface area (Å²) in [6.07, 6.45) is 0.710. The van der Waals surface area contributed by atoms with Gasteiger partial charge in [-0.3, -0.25) is 4.79 Å². The summed E-state index contributed by atoms with van der Waals surface area (Å²) in [5, 5.41) is 11.3. The summed E-state index contributed by atoms with van der Waals surface area (Å²) in [6.45, 7) is 1.41. The predicted octanol–water partition coefficient (Wildman–Crippen LogP) is 1.16. The van der Waals surface area contributed by atoms with Crippen molar-refractivity contribution in [1.29, 1.82) is 0 Å². The lowest BCUT2D eigenvalue weighted by atomic mass is 10.2. The average molecular weight is 317 g/mol. The fraction of sp³-hybridized carbons (Fsp3) is 0.417. The molecule has 1 aromatic carbocycles. The van der Waals surface area contributed by atoms with E-state index >= 15 is 0 Å². The molecular formula is C12H17BrN2O3. The number of ether oxygens (including phenoxy) is 1. The third kappa shape index (κ3) is 5.03. The number of hydrogen-bond acceptors (Lipinski definition) is 4. The van der Waals surface area contributed by atoms with Crippen molar-refractivity contribution in [2.45, 2.75) is 6.42 Å². The van der Waals surface area contributed by atoms with Gasteiger partial charge in [-0.05, 0) is 40.5 Å². The van der Waals surface area contributed by atoms with E-state index in [1.54, 1.807) is 18.2 Å². The van der Waals surface area contributed by atoms with Gasteiger partial charge in [-0.25, -0.2) is 0 Å². The molecule has 0 atom stereocenters. The molecule has 0 aliphatic heterocycles. The van der Waals surface area contributed by atoms with Crippen LogP contribution in [0.25, 0.3) is 0 Å². The lowest BCUT2D eigenvalue weighted by Crippen LogP contribution is -2.25. The molecule has 0 aromatic heterocycles. The van der Waals surface area contributed by atoms with Crippen LogP contribution < -0.4 is 11.1 Å². The van der Waals surface area contributed by atoms with E-state index in [9.17, 15) is 4.79 Å². The zero-order chi connectivity index (χ0) is 13.4. The number of anilines is 1. The summed E-state index contributed by atoms with van der Waals surface area (Å²) < 4.78 is 5.79. The first-order valence-corrected chi connectivity index (χ1v) is 6.46. The van der Waals surface area contributed by atoms with Crippen LogP contribution in [-0.4, -0.2) is 37.4 Å². The summed E-state index contributed by atoms with van der Waals surface area (Å²) in [7, 11) is 0. The highest BCUT2D eigenvalue weighted by atomic mass is 79.9. The number of rotatable bonds is 7. The van der Waals surface area contributed by atoms with E-state index in [2.05, 4.69) is 21.2 Å². The fourth-order valence-electron chi connectivity index (χ4n) is 1.31. The number of hydrogen-bond donors (Lipinski definition) is 3. The highest BCUT2D eigenvalue weighted by molar-refractivity contribution is 9.10. The first kappa shape index (κ1) is 14.9. The molecule has 4 N–H and O–H groups in total. The number of aliphatic hydroxyl groups is 1. The van der Waals surface area contributed by atoms with Crippen LogP contribution in [0.15, 0.2) is 22.7 Å². The van der Waals surface area contributed by atoms with Crippen LogP contribution in [0.4, 0.5) is 5.69 Å². The summed E-state index contributed by atoms with van der Waals surface area (Å²) in [5.41, 5.74) is 6.80. The zero-order valence-electron chi connectivity index (χ0n) is 9.99. The standard InChI is InChI=1S/C12H17BrN2O3/c13-10-8-9(2-3-11(10)14)12(17)15-4-1-6-18-7-5-16/h2-3,8,16H,1,4-7,14H2,(H,15,17). The Morgan fingerprint density at radius 1 is 1.44 bits per heavy atom. The summed E-state index contributed by atoms with van der Waals surface area (Å²) in [6, 6.07) is 5.05. The van der Waals surface area contributed by atoms with E-state index in [1.807, 2.05) is 0 Å². The Hall–Kier alpha value is -1.11. The number of nitrogen functional groups attached to an aromatic ring is 1. The molecule has 0 spiro atoms. The monoisotopic (exact) mass is 316 g/mol. The largest absolute Gasteiger partial charge is 0.398 e. The van der Waals surface area contributed by atoms with E-state index in [0.29, 0.717) is 41.9 Å². The molecule has 0 bridgehead atoms. The van der Waals surface area contributed by atoms with Gasteiger partial charge in [0.15, 0.2) is 0 Å². The van der Waals surface area contributed by atoms with Crippen LogP contribution in [-0.2, 0) is 4.74 Å². The van der Waals surface area contributed by atoms with Crippen molar-refractivity contribution in [3.63, 3.8) is 0 Å². The minimum Gasteiger partial charge on any atom is -0.398 e. The number of nitrogens with one attached hydrogen (secondary N) is 1. The maximum atomic E-state index is 11.7. The molecule has 1 rings (SSSR count). The van der Waals surface area contributed by atoms with Crippen molar-refractivity contribution >= 4 is 27.5 Å². The summed E-state index contributed by atoms with van der Waals surface area (Å²) in [5.74, 6) is -0.141. The van der Waals surface area contributed by atoms with E-state index in [1.165, 1.54) is 0 Å². The van der Waals surface area contributed by atoms with Crippen molar-refractivity contribution in [2.24, 2.45) is 0 Å². The molecule has 0 heterocycles. The van der Waals surface area contributed by atoms with Crippen LogP contribution in [0, 0.1) is 0 Å². The quantitative estimate of drug-likeness (QED) is 0.520. The van der Waals surface area contributed by atoms with Crippen molar-refractivity contribution in [1.82, 2.24) is 5.32 Å². The van der Waals surface area contributed by atoms with Crippen LogP contribution in [0.3, 0.4) is 0 Å². The highest BCUT2D eigenvalue weighted by Crippen LogP contribution is 2.20. The topological polar surface area (TPSA) is 84.6 Å². The normalized spacial score (nSPS) is 10.3. The second kappa shape index (κ2) is 8.07. The second-order valence-electron chi connectivity index (χ2n) is 3.68. The Balaban J connectivity index is 2.30. The van der Waals surface area contributed by atoms with Gasteiger partial charge in [0.1, 0.15) is 0 Å². The Morgan fingerprint density at radius 2 is 2.22 bits per heavy atom. The number of carbonyl (C=O) groups is 1. The predicted molar refractivity (Wildman–Crippen MR) is 73.4 cm³/mol. The number of carbonyl (C=O) groups excluding carboxylic acids is 1. The molecule has 1 amide bonds. The number of benzene rings is 1. The van der Waals surface area contributed by atoms with Gasteiger partial charge in [-0.1, -0.05) is 0 Å². The van der Waals surface area contributed by atoms with Gasteiger partial charge in [-0.15, -0.1) is 0 Å².